The van der Waals surface area contributed by atoms with Gasteiger partial charge in [0.15, 0.2) is 16.8 Å². The molecule has 0 bridgehead atoms. The number of thioether (sulfide) groups is 1. The second-order valence-corrected chi connectivity index (χ2v) is 8.06. The van der Waals surface area contributed by atoms with E-state index in [2.05, 4.69) is 24.9 Å². The van der Waals surface area contributed by atoms with Gasteiger partial charge in [0.1, 0.15) is 0 Å². The van der Waals surface area contributed by atoms with Crippen LogP contribution in [0.4, 0.5) is 0 Å². The number of hydrogen-bond acceptors (Lipinski definition) is 6. The largest absolute Gasteiger partial charge is 0.338 e. The van der Waals surface area contributed by atoms with Gasteiger partial charge in [0.25, 0.3) is 0 Å². The van der Waals surface area contributed by atoms with Gasteiger partial charge in [-0.3, -0.25) is 4.57 Å². The molecule has 0 fully saturated rings. The van der Waals surface area contributed by atoms with Crippen LogP contribution in [0, 0.1) is 0 Å². The second kappa shape index (κ2) is 7.98. The Morgan fingerprint density at radius 2 is 1.57 bits per heavy atom. The molecule has 2 aromatic carbocycles. The van der Waals surface area contributed by atoms with E-state index in [0.29, 0.717) is 5.89 Å². The number of nitrogens with zero attached hydrogens (tertiary/aromatic N) is 5. The lowest BCUT2D eigenvalue weighted by Gasteiger charge is -2.11. The van der Waals surface area contributed by atoms with E-state index < -0.39 is 0 Å². The van der Waals surface area contributed by atoms with Crippen LogP contribution in [0.25, 0.3) is 17.1 Å². The minimum Gasteiger partial charge on any atom is -0.338 e. The fraction of sp³-hybridized carbons (Fsp3) is 0.238. The molecule has 1 atom stereocenters. The highest BCUT2D eigenvalue weighted by atomic mass is 32.2. The van der Waals surface area contributed by atoms with Gasteiger partial charge >= 0.3 is 0 Å². The molecule has 0 aliphatic heterocycles. The molecule has 6 nitrogen and oxygen atoms in total. The minimum atomic E-state index is -0.0460. The topological polar surface area (TPSA) is 69.6 Å². The predicted molar refractivity (Wildman–Crippen MR) is 109 cm³/mol. The lowest BCUT2D eigenvalue weighted by molar-refractivity contribution is 0.373. The van der Waals surface area contributed by atoms with Crippen molar-refractivity contribution in [2.24, 2.45) is 0 Å². The van der Waals surface area contributed by atoms with Gasteiger partial charge < -0.3 is 4.52 Å². The number of aromatic nitrogens is 5. The molecule has 2 aromatic heterocycles. The summed E-state index contributed by atoms with van der Waals surface area (Å²) in [7, 11) is 0. The van der Waals surface area contributed by atoms with Crippen molar-refractivity contribution >= 4 is 11.8 Å². The Hall–Kier alpha value is -2.93. The molecule has 0 aliphatic rings. The van der Waals surface area contributed by atoms with E-state index in [1.807, 2.05) is 81.4 Å². The highest BCUT2D eigenvalue weighted by Crippen LogP contribution is 2.36. The van der Waals surface area contributed by atoms with E-state index >= 15 is 0 Å². The Bertz CT molecular complexity index is 1040. The molecule has 4 aromatic rings. The molecule has 0 saturated carbocycles. The Morgan fingerprint density at radius 1 is 0.893 bits per heavy atom. The summed E-state index contributed by atoms with van der Waals surface area (Å²) in [4.78, 5) is 4.52. The summed E-state index contributed by atoms with van der Waals surface area (Å²) in [6.07, 6.45) is 0. The van der Waals surface area contributed by atoms with Gasteiger partial charge in [-0.2, -0.15) is 4.98 Å². The molecule has 0 N–H and O–H groups in total. The maximum atomic E-state index is 5.46. The van der Waals surface area contributed by atoms with Crippen LogP contribution in [0.5, 0.6) is 0 Å². The average Bonchev–Trinajstić information content (AvgIpc) is 3.37. The zero-order valence-corrected chi connectivity index (χ0v) is 16.8. The van der Waals surface area contributed by atoms with Crippen LogP contribution in [-0.4, -0.2) is 24.9 Å². The van der Waals surface area contributed by atoms with E-state index in [4.69, 9.17) is 4.52 Å². The maximum Gasteiger partial charge on any atom is 0.239 e. The number of rotatable bonds is 6. The third-order valence-electron chi connectivity index (χ3n) is 4.28. The standard InChI is InChI=1S/C21H21N5OS/c1-14(2)18-22-20(27-25-18)15(3)28-21-24-23-19(16-10-6-4-7-11-16)26(21)17-12-8-5-9-13-17/h4-15H,1-3H3. The van der Waals surface area contributed by atoms with Crippen molar-refractivity contribution in [1.82, 2.24) is 24.9 Å². The quantitative estimate of drug-likeness (QED) is 0.416. The molecule has 0 spiro atoms. The molecular weight excluding hydrogens is 370 g/mol. The van der Waals surface area contributed by atoms with Crippen LogP contribution in [-0.2, 0) is 0 Å². The first kappa shape index (κ1) is 18.4. The first-order chi connectivity index (χ1) is 13.6. The number of benzene rings is 2. The smallest absolute Gasteiger partial charge is 0.239 e. The third-order valence-corrected chi connectivity index (χ3v) is 5.31. The van der Waals surface area contributed by atoms with Crippen LogP contribution in [0.3, 0.4) is 0 Å². The SMILES string of the molecule is CC(C)c1noc(C(C)Sc2nnc(-c3ccccc3)n2-c2ccccc2)n1. The second-order valence-electron chi connectivity index (χ2n) is 6.75. The van der Waals surface area contributed by atoms with Crippen molar-refractivity contribution in [2.45, 2.75) is 37.1 Å². The molecular formula is C21H21N5OS. The molecule has 142 valence electrons. The van der Waals surface area contributed by atoms with Crippen LogP contribution in [0.1, 0.15) is 43.7 Å². The average molecular weight is 392 g/mol. The molecule has 1 unspecified atom stereocenters. The first-order valence-electron chi connectivity index (χ1n) is 9.20. The molecule has 7 heteroatoms. The van der Waals surface area contributed by atoms with Gasteiger partial charge in [0.2, 0.25) is 5.89 Å². The highest BCUT2D eigenvalue weighted by Gasteiger charge is 2.22. The van der Waals surface area contributed by atoms with Gasteiger partial charge in [-0.15, -0.1) is 10.2 Å². The Kier molecular flexibility index (Phi) is 5.25. The van der Waals surface area contributed by atoms with Crippen LogP contribution < -0.4 is 0 Å². The Morgan fingerprint density at radius 3 is 2.21 bits per heavy atom. The predicted octanol–water partition coefficient (Wildman–Crippen LogP) is 5.29. The molecule has 0 amide bonds. The number of para-hydroxylation sites is 1. The van der Waals surface area contributed by atoms with Gasteiger partial charge in [-0.1, -0.05) is 79.3 Å². The summed E-state index contributed by atoms with van der Waals surface area (Å²) in [6.45, 7) is 6.13. The van der Waals surface area contributed by atoms with Crippen molar-refractivity contribution in [3.63, 3.8) is 0 Å². The Balaban J connectivity index is 1.71. The fourth-order valence-electron chi connectivity index (χ4n) is 2.79. The summed E-state index contributed by atoms with van der Waals surface area (Å²) in [5, 5.41) is 13.7. The summed E-state index contributed by atoms with van der Waals surface area (Å²) in [6, 6.07) is 20.2. The summed E-state index contributed by atoms with van der Waals surface area (Å²) in [5.41, 5.74) is 2.02. The van der Waals surface area contributed by atoms with Crippen LogP contribution >= 0.6 is 11.8 Å². The van der Waals surface area contributed by atoms with E-state index in [9.17, 15) is 0 Å². The van der Waals surface area contributed by atoms with Gasteiger partial charge in [-0.25, -0.2) is 0 Å². The lowest BCUT2D eigenvalue weighted by atomic mass is 10.2. The normalized spacial score (nSPS) is 12.4. The van der Waals surface area contributed by atoms with E-state index in [-0.39, 0.29) is 11.2 Å². The zero-order valence-electron chi connectivity index (χ0n) is 16.0. The van der Waals surface area contributed by atoms with Crippen molar-refractivity contribution in [2.75, 3.05) is 0 Å². The molecule has 0 aliphatic carbocycles. The zero-order chi connectivity index (χ0) is 19.5. The van der Waals surface area contributed by atoms with Crippen molar-refractivity contribution in [1.29, 1.82) is 0 Å². The van der Waals surface area contributed by atoms with Gasteiger partial charge in [0, 0.05) is 17.2 Å². The van der Waals surface area contributed by atoms with Crippen LogP contribution in [0.2, 0.25) is 0 Å². The van der Waals surface area contributed by atoms with Gasteiger partial charge in [-0.05, 0) is 19.1 Å². The fourth-order valence-corrected chi connectivity index (χ4v) is 3.68. The van der Waals surface area contributed by atoms with Crippen LogP contribution in [0.15, 0.2) is 70.3 Å². The number of hydrogen-bond donors (Lipinski definition) is 0. The molecule has 0 radical (unpaired) electrons. The molecule has 0 saturated heterocycles. The molecule has 28 heavy (non-hydrogen) atoms. The summed E-state index contributed by atoms with van der Waals surface area (Å²) < 4.78 is 7.52. The lowest BCUT2D eigenvalue weighted by Crippen LogP contribution is -2.01. The summed E-state index contributed by atoms with van der Waals surface area (Å²) in [5.74, 6) is 2.34. The maximum absolute atomic E-state index is 5.46. The molecule has 2 heterocycles. The van der Waals surface area contributed by atoms with Crippen molar-refractivity contribution < 1.29 is 4.52 Å². The van der Waals surface area contributed by atoms with E-state index in [0.717, 1.165) is 28.1 Å². The third kappa shape index (κ3) is 3.71. The monoisotopic (exact) mass is 391 g/mol. The van der Waals surface area contributed by atoms with E-state index in [1.54, 1.807) is 11.8 Å². The first-order valence-corrected chi connectivity index (χ1v) is 10.1. The Labute approximate surface area is 168 Å². The molecule has 4 rings (SSSR count). The van der Waals surface area contributed by atoms with Crippen molar-refractivity contribution in [3.05, 3.63) is 72.4 Å². The van der Waals surface area contributed by atoms with Gasteiger partial charge in [0.05, 0.1) is 5.25 Å². The van der Waals surface area contributed by atoms with E-state index in [1.165, 1.54) is 0 Å². The highest BCUT2D eigenvalue weighted by molar-refractivity contribution is 7.99. The minimum absolute atomic E-state index is 0.0460. The summed E-state index contributed by atoms with van der Waals surface area (Å²) >= 11 is 1.55. The van der Waals surface area contributed by atoms with Crippen molar-refractivity contribution in [3.8, 4) is 17.1 Å².